The highest BCUT2D eigenvalue weighted by Crippen LogP contribution is 2.11. The van der Waals surface area contributed by atoms with Crippen molar-refractivity contribution in [3.8, 4) is 0 Å². The van der Waals surface area contributed by atoms with Crippen LogP contribution in [0.15, 0.2) is 5.11 Å². The van der Waals surface area contributed by atoms with Gasteiger partial charge in [0.15, 0.2) is 6.04 Å². The molecule has 12 heavy (non-hydrogen) atoms. The molecule has 7 nitrogen and oxygen atoms in total. The van der Waals surface area contributed by atoms with Gasteiger partial charge in [-0.2, -0.15) is 0 Å². The van der Waals surface area contributed by atoms with Crippen LogP contribution < -0.4 is 10.0 Å². The molecule has 2 atom stereocenters. The lowest BCUT2D eigenvalue weighted by molar-refractivity contribution is -0.264. The van der Waals surface area contributed by atoms with Gasteiger partial charge in [-0.05, 0) is 0 Å². The van der Waals surface area contributed by atoms with Crippen molar-refractivity contribution in [2.24, 2.45) is 5.11 Å². The zero-order valence-electron chi connectivity index (χ0n) is 6.17. The molecule has 66 valence electrons. The van der Waals surface area contributed by atoms with Crippen molar-refractivity contribution in [2.45, 2.75) is 12.1 Å². The number of nitrogens with zero attached hydrogens (tertiary/aromatic N) is 3. The molecular weight excluding hydrogens is 164 g/mol. The molecule has 7 heteroatoms. The molecule has 1 saturated heterocycles. The summed E-state index contributed by atoms with van der Waals surface area (Å²) in [6.45, 7) is 0.0257. The molecule has 1 heterocycles. The predicted molar refractivity (Wildman–Crippen MR) is 34.0 cm³/mol. The Kier molecular flexibility index (Phi) is 2.37. The van der Waals surface area contributed by atoms with E-state index in [-0.39, 0.29) is 13.1 Å². The highest BCUT2D eigenvalue weighted by atomic mass is 16.4. The Bertz CT molecular complexity index is 237. The van der Waals surface area contributed by atoms with Gasteiger partial charge in [0.2, 0.25) is 4.91 Å². The third-order valence-corrected chi connectivity index (χ3v) is 1.72. The molecule has 1 amide bonds. The first-order valence-corrected chi connectivity index (χ1v) is 3.35. The maximum atomic E-state index is 10.3. The summed E-state index contributed by atoms with van der Waals surface area (Å²) >= 11 is 0. The maximum absolute atomic E-state index is 10.3. The molecule has 1 aliphatic rings. The summed E-state index contributed by atoms with van der Waals surface area (Å²) < 4.78 is 0. The minimum absolute atomic E-state index is 0.0218. The normalized spacial score (nSPS) is 28.2. The minimum Gasteiger partial charge on any atom is -0.530 e. The number of aliphatic hydroxyl groups is 1. The average molecular weight is 172 g/mol. The number of carbonyl (C=O) groups excluding carboxylic acids is 1. The van der Waals surface area contributed by atoms with E-state index in [9.17, 15) is 9.90 Å². The third-order valence-electron chi connectivity index (χ3n) is 1.72. The van der Waals surface area contributed by atoms with Gasteiger partial charge < -0.3 is 19.9 Å². The Hall–Kier alpha value is -1.46. The Labute approximate surface area is 67.8 Å². The number of likely N-dealkylation sites (tertiary alicyclic amines) is 1. The van der Waals surface area contributed by atoms with E-state index in [0.29, 0.717) is 0 Å². The van der Waals surface area contributed by atoms with Crippen molar-refractivity contribution in [1.82, 2.24) is 9.81 Å². The summed E-state index contributed by atoms with van der Waals surface area (Å²) in [4.78, 5) is 14.0. The van der Waals surface area contributed by atoms with Crippen LogP contribution in [0.4, 0.5) is 4.79 Å². The van der Waals surface area contributed by atoms with Gasteiger partial charge in [-0.1, -0.05) is 0 Å². The van der Waals surface area contributed by atoms with E-state index in [1.165, 1.54) is 0 Å². The van der Waals surface area contributed by atoms with Gasteiger partial charge in [-0.3, -0.25) is 0 Å². The number of rotatable bonds is 1. The summed E-state index contributed by atoms with van der Waals surface area (Å²) in [5.41, 5.74) is 6.40. The van der Waals surface area contributed by atoms with E-state index in [0.717, 1.165) is 4.90 Å². The first kappa shape index (κ1) is 8.63. The smallest absolute Gasteiger partial charge is 0.214 e. The van der Waals surface area contributed by atoms with Gasteiger partial charge in [0.1, 0.15) is 22.8 Å². The molecule has 1 fully saturated rings. The van der Waals surface area contributed by atoms with Crippen LogP contribution in [-0.4, -0.2) is 41.3 Å². The van der Waals surface area contributed by atoms with Crippen molar-refractivity contribution < 1.29 is 15.0 Å². The molecule has 0 bridgehead atoms. The van der Waals surface area contributed by atoms with Gasteiger partial charge in [-0.15, -0.1) is 0 Å². The summed E-state index contributed by atoms with van der Waals surface area (Å²) in [5.74, 6) is 0. The number of amides is 1. The minimum atomic E-state index is -1.34. The standard InChI is InChI=1S/C5H8N4O3/c6-8-7-3-1-9(5(11)12)2-4(3)10/h3-4,6,10H,1-2H2. The molecule has 2 N–H and O–H groups in total. The van der Waals surface area contributed by atoms with Crippen molar-refractivity contribution >= 4 is 6.09 Å². The quantitative estimate of drug-likeness (QED) is 0.349. The molecule has 0 spiro atoms. The second-order valence-electron chi connectivity index (χ2n) is 2.52. The number of hydrogen-bond acceptors (Lipinski definition) is 5. The molecule has 1 aliphatic heterocycles. The molecule has 0 aromatic carbocycles. The Morgan fingerprint density at radius 2 is 2.42 bits per heavy atom. The fourth-order valence-electron chi connectivity index (χ4n) is 1.11. The van der Waals surface area contributed by atoms with Crippen LogP contribution in [0, 0.1) is 5.53 Å². The Morgan fingerprint density at radius 1 is 1.75 bits per heavy atom. The van der Waals surface area contributed by atoms with E-state index in [2.05, 4.69) is 10.0 Å². The van der Waals surface area contributed by atoms with Crippen LogP contribution in [0.1, 0.15) is 0 Å². The van der Waals surface area contributed by atoms with Crippen LogP contribution in [0.5, 0.6) is 0 Å². The van der Waals surface area contributed by atoms with E-state index in [4.69, 9.17) is 10.6 Å². The van der Waals surface area contributed by atoms with Gasteiger partial charge in [0, 0.05) is 6.54 Å². The summed E-state index contributed by atoms with van der Waals surface area (Å²) in [6.07, 6.45) is -2.21. The van der Waals surface area contributed by atoms with Crippen LogP contribution in [0.2, 0.25) is 0 Å². The van der Waals surface area contributed by atoms with Gasteiger partial charge in [0.05, 0.1) is 6.54 Å². The lowest BCUT2D eigenvalue weighted by Gasteiger charge is -2.16. The van der Waals surface area contributed by atoms with E-state index in [1.54, 1.807) is 0 Å². The van der Waals surface area contributed by atoms with Crippen LogP contribution in [0.25, 0.3) is 0 Å². The van der Waals surface area contributed by atoms with Crippen molar-refractivity contribution in [3.63, 3.8) is 0 Å². The second-order valence-corrected chi connectivity index (χ2v) is 2.52. The fraction of sp³-hybridized carbons (Fsp3) is 0.800. The molecule has 0 aromatic rings. The van der Waals surface area contributed by atoms with E-state index in [1.807, 2.05) is 0 Å². The second kappa shape index (κ2) is 3.29. The first-order valence-electron chi connectivity index (χ1n) is 3.35. The van der Waals surface area contributed by atoms with E-state index < -0.39 is 18.2 Å². The number of carboxylic acid groups (broad SMARTS) is 1. The fourth-order valence-corrected chi connectivity index (χ4v) is 1.11. The molecule has 1 rings (SSSR count). The lowest BCUT2D eigenvalue weighted by Crippen LogP contribution is -2.40. The monoisotopic (exact) mass is 172 g/mol. The summed E-state index contributed by atoms with van der Waals surface area (Å²) in [5, 5.41) is 22.8. The molecule has 0 aromatic heterocycles. The van der Waals surface area contributed by atoms with Crippen LogP contribution in [0.3, 0.4) is 0 Å². The van der Waals surface area contributed by atoms with Gasteiger partial charge in [-0.25, -0.2) is 0 Å². The maximum Gasteiger partial charge on any atom is 0.214 e. The topological polar surface area (TPSA) is 114 Å². The number of hydrogen-bond donors (Lipinski definition) is 2. The van der Waals surface area contributed by atoms with E-state index >= 15 is 0 Å². The molecule has 0 radical (unpaired) electrons. The number of nitrogens with one attached hydrogen (secondary N) is 1. The predicted octanol–water partition coefficient (Wildman–Crippen LogP) is -2.07. The molecule has 0 saturated carbocycles. The van der Waals surface area contributed by atoms with Crippen molar-refractivity contribution in [1.29, 1.82) is 5.53 Å². The highest BCUT2D eigenvalue weighted by Gasteiger charge is 2.34. The summed E-state index contributed by atoms with van der Waals surface area (Å²) in [7, 11) is 0. The zero-order chi connectivity index (χ0) is 9.14. The SMILES string of the molecule is N=[N+]=NC1CN(C(=O)[O-])CC1O. The zero-order valence-corrected chi connectivity index (χ0v) is 6.17. The number of β-amino-alcohol motifs (C(OH)–C–C–N with tert-alkyl or cyclic N) is 1. The van der Waals surface area contributed by atoms with Gasteiger partial charge in [0.25, 0.3) is 0 Å². The summed E-state index contributed by atoms with van der Waals surface area (Å²) in [6, 6.07) is -0.625. The molecular formula is C5H8N4O3. The highest BCUT2D eigenvalue weighted by molar-refractivity contribution is 5.63. The lowest BCUT2D eigenvalue weighted by atomic mass is 10.2. The Balaban J connectivity index is 2.61. The largest absolute Gasteiger partial charge is 0.530 e. The van der Waals surface area contributed by atoms with Crippen LogP contribution >= 0.6 is 0 Å². The molecule has 0 aliphatic carbocycles. The van der Waals surface area contributed by atoms with Crippen molar-refractivity contribution in [2.75, 3.05) is 13.1 Å². The number of carbonyl (C=O) groups is 1. The number of aliphatic hydroxyl groups excluding tert-OH is 1. The Morgan fingerprint density at radius 3 is 2.83 bits per heavy atom. The first-order chi connectivity index (χ1) is 5.65. The average Bonchev–Trinajstić information content (AvgIpc) is 2.34. The van der Waals surface area contributed by atoms with Crippen LogP contribution in [-0.2, 0) is 0 Å². The van der Waals surface area contributed by atoms with Crippen molar-refractivity contribution in [3.05, 3.63) is 0 Å². The molecule has 2 unspecified atom stereocenters. The van der Waals surface area contributed by atoms with Gasteiger partial charge >= 0.3 is 0 Å². The third kappa shape index (κ3) is 1.58.